The van der Waals surface area contributed by atoms with Gasteiger partial charge in [-0.15, -0.1) is 16.3 Å². The van der Waals surface area contributed by atoms with Crippen LogP contribution in [0.5, 0.6) is 0 Å². The molecule has 20 heavy (non-hydrogen) atoms. The second kappa shape index (κ2) is 5.47. The molecular weight excluding hydrogens is 278 g/mol. The molecule has 1 fully saturated rings. The number of rotatable bonds is 1. The summed E-state index contributed by atoms with van der Waals surface area (Å²) in [5.74, 6) is 0.505. The molecule has 0 aromatic rings. The fourth-order valence-corrected chi connectivity index (χ4v) is 4.07. The number of carbonyl (C=O) groups is 2. The zero-order valence-corrected chi connectivity index (χ0v) is 12.9. The second-order valence-corrected chi connectivity index (χ2v) is 6.25. The maximum Gasteiger partial charge on any atom is 0.503 e. The van der Waals surface area contributed by atoms with Gasteiger partial charge in [0.25, 0.3) is 0 Å². The summed E-state index contributed by atoms with van der Waals surface area (Å²) in [5, 5.41) is 2.70. The van der Waals surface area contributed by atoms with Crippen molar-refractivity contribution >= 4 is 29.9 Å². The normalized spacial score (nSPS) is 29.7. The fourth-order valence-electron chi connectivity index (χ4n) is 2.52. The van der Waals surface area contributed by atoms with Crippen LogP contribution >= 0.6 is 11.8 Å². The summed E-state index contributed by atoms with van der Waals surface area (Å²) in [7, 11) is 0. The van der Waals surface area contributed by atoms with Crippen LogP contribution in [0, 0.1) is 4.91 Å². The van der Waals surface area contributed by atoms with E-state index in [1.807, 2.05) is 13.8 Å². The molecule has 0 aliphatic carbocycles. The van der Waals surface area contributed by atoms with Gasteiger partial charge in [-0.05, 0) is 26.3 Å². The molecule has 2 heterocycles. The van der Waals surface area contributed by atoms with Crippen LogP contribution in [-0.2, 0) is 4.79 Å². The number of carbonyl (C=O) groups excluding carboxylic acids is 2. The molecule has 1 unspecified atom stereocenters. The van der Waals surface area contributed by atoms with Crippen LogP contribution in [0.25, 0.3) is 0 Å². The molecule has 3 amide bonds. The summed E-state index contributed by atoms with van der Waals surface area (Å²) >= 11 is 1.68. The van der Waals surface area contributed by atoms with E-state index in [0.29, 0.717) is 0 Å². The van der Waals surface area contributed by atoms with E-state index in [1.54, 1.807) is 18.7 Å². The molecule has 6 nitrogen and oxygen atoms in total. The zero-order chi connectivity index (χ0) is 15.0. The third kappa shape index (κ3) is 2.30. The lowest BCUT2D eigenvalue weighted by Crippen LogP contribution is -2.69. The minimum absolute atomic E-state index is 0.0609. The van der Waals surface area contributed by atoms with Crippen molar-refractivity contribution in [1.82, 2.24) is 5.32 Å². The highest BCUT2D eigenvalue weighted by molar-refractivity contribution is 8.00. The lowest BCUT2D eigenvalue weighted by molar-refractivity contribution is -0.674. The Morgan fingerprint density at radius 1 is 1.45 bits per heavy atom. The van der Waals surface area contributed by atoms with E-state index >= 15 is 0 Å². The number of thioether (sulfide) groups is 1. The van der Waals surface area contributed by atoms with E-state index in [4.69, 9.17) is 0 Å². The lowest BCUT2D eigenvalue weighted by Gasteiger charge is -2.35. The maximum atomic E-state index is 12.1. The lowest BCUT2D eigenvalue weighted by atomic mass is 9.91. The molecule has 1 N–H and O–H groups in total. The molecule has 7 heteroatoms. The molecule has 0 aromatic heterocycles. The molecule has 0 saturated carbocycles. The number of amides is 3. The highest BCUT2D eigenvalue weighted by Gasteiger charge is 2.65. The molecule has 2 aliphatic rings. The van der Waals surface area contributed by atoms with Crippen molar-refractivity contribution in [3.8, 4) is 0 Å². The number of nitrogens with one attached hydrogen (secondary N) is 1. The van der Waals surface area contributed by atoms with Crippen LogP contribution in [0.4, 0.5) is 4.79 Å². The van der Waals surface area contributed by atoms with Crippen molar-refractivity contribution < 1.29 is 18.9 Å². The first-order chi connectivity index (χ1) is 9.38. The van der Waals surface area contributed by atoms with Gasteiger partial charge < -0.3 is 0 Å². The number of hydrogen-bond acceptors (Lipinski definition) is 4. The predicted molar refractivity (Wildman–Crippen MR) is 77.0 cm³/mol. The summed E-state index contributed by atoms with van der Waals surface area (Å²) in [6, 6.07) is -0.704. The molecular formula is C13H19N3O3S+2. The number of hydrogen-bond donors (Lipinski definition) is 1. The van der Waals surface area contributed by atoms with Crippen molar-refractivity contribution in [3.63, 3.8) is 0 Å². The number of urea groups is 1. The maximum absolute atomic E-state index is 12.1. The van der Waals surface area contributed by atoms with E-state index in [1.165, 1.54) is 18.7 Å². The van der Waals surface area contributed by atoms with Crippen molar-refractivity contribution in [2.75, 3.05) is 5.75 Å². The van der Waals surface area contributed by atoms with E-state index in [-0.39, 0.29) is 17.2 Å². The van der Waals surface area contributed by atoms with Gasteiger partial charge in [-0.2, -0.15) is 10.1 Å². The average molecular weight is 297 g/mol. The molecule has 2 aliphatic heterocycles. The Balaban J connectivity index is 2.09. The van der Waals surface area contributed by atoms with Crippen molar-refractivity contribution in [2.45, 2.75) is 45.2 Å². The van der Waals surface area contributed by atoms with Gasteiger partial charge >= 0.3 is 18.1 Å². The second-order valence-electron chi connectivity index (χ2n) is 5.09. The van der Waals surface area contributed by atoms with Crippen molar-refractivity contribution in [1.29, 1.82) is 0 Å². The van der Waals surface area contributed by atoms with Crippen LogP contribution in [0.3, 0.4) is 0 Å². The Morgan fingerprint density at radius 2 is 2.10 bits per heavy atom. The van der Waals surface area contributed by atoms with Gasteiger partial charge in [-0.25, -0.2) is 4.79 Å². The molecule has 2 rings (SSSR count). The van der Waals surface area contributed by atoms with E-state index in [9.17, 15) is 14.5 Å². The molecule has 3 atom stereocenters. The van der Waals surface area contributed by atoms with Gasteiger partial charge in [0.05, 0.1) is 11.0 Å². The van der Waals surface area contributed by atoms with E-state index in [0.717, 1.165) is 20.7 Å². The first-order valence-electron chi connectivity index (χ1n) is 6.51. The molecule has 0 spiro atoms. The van der Waals surface area contributed by atoms with E-state index < -0.39 is 12.2 Å². The Morgan fingerprint density at radius 3 is 2.65 bits per heavy atom. The Labute approximate surface area is 121 Å². The SMILES string of the molecule is C/C=[N+](/C(C)=O)C(=O)N[C@H]1[C@H]2SCC(C)=C(C)C2[N+]1=O. The van der Waals surface area contributed by atoms with Crippen LogP contribution < -0.4 is 5.32 Å². The third-order valence-corrected chi connectivity index (χ3v) is 5.37. The first-order valence-corrected chi connectivity index (χ1v) is 7.56. The predicted octanol–water partition coefficient (Wildman–Crippen LogP) is 1.28. The average Bonchev–Trinajstić information content (AvgIpc) is 2.39. The first kappa shape index (κ1) is 14.9. The summed E-state index contributed by atoms with van der Waals surface area (Å²) in [5.41, 5.74) is 2.33. The van der Waals surface area contributed by atoms with Crippen LogP contribution in [0.2, 0.25) is 0 Å². The molecule has 108 valence electrons. The summed E-state index contributed by atoms with van der Waals surface area (Å²) in [6.07, 6.45) is 0.828. The Hall–Kier alpha value is -1.50. The topological polar surface area (TPSA) is 69.3 Å². The number of fused-ring (bicyclic) bond motifs is 1. The van der Waals surface area contributed by atoms with Crippen LogP contribution in [-0.4, -0.2) is 50.7 Å². The largest absolute Gasteiger partial charge is 0.503 e. The van der Waals surface area contributed by atoms with E-state index in [2.05, 4.69) is 5.32 Å². The number of nitroso groups, excluding NO2 is 1. The van der Waals surface area contributed by atoms with Gasteiger partial charge in [0.2, 0.25) is 6.04 Å². The summed E-state index contributed by atoms with van der Waals surface area (Å²) < 4.78 is 1.89. The third-order valence-electron chi connectivity index (χ3n) is 3.87. The van der Waals surface area contributed by atoms with Crippen molar-refractivity contribution in [2.24, 2.45) is 0 Å². The quantitative estimate of drug-likeness (QED) is 0.450. The minimum Gasteiger partial charge on any atom is -0.247 e. The highest BCUT2D eigenvalue weighted by Crippen LogP contribution is 2.41. The molecule has 0 aromatic carbocycles. The summed E-state index contributed by atoms with van der Waals surface area (Å²) in [6.45, 7) is 6.91. The van der Waals surface area contributed by atoms with Crippen molar-refractivity contribution in [3.05, 3.63) is 16.1 Å². The molecule has 0 bridgehead atoms. The van der Waals surface area contributed by atoms with Gasteiger partial charge in [0.1, 0.15) is 0 Å². The highest BCUT2D eigenvalue weighted by atomic mass is 32.2. The molecule has 1 saturated heterocycles. The van der Waals surface area contributed by atoms with Gasteiger partial charge in [0.15, 0.2) is 5.25 Å². The minimum atomic E-state index is -0.567. The smallest absolute Gasteiger partial charge is 0.247 e. The van der Waals surface area contributed by atoms with Gasteiger partial charge in [-0.3, -0.25) is 0 Å². The summed E-state index contributed by atoms with van der Waals surface area (Å²) in [4.78, 5) is 35.4. The number of nitrogens with zero attached hydrogens (tertiary/aromatic N) is 2. The van der Waals surface area contributed by atoms with Crippen LogP contribution in [0.15, 0.2) is 11.1 Å². The molecule has 0 radical (unpaired) electrons. The standard InChI is InChI=1S/C13H18N3O3S/c1-5-15(9(4)17)13(18)14-12-11-10(16(12)19)8(3)7(2)6-20-11/h5,10-12H,6H2,1-4H3/q+1/p+1/b15-5-/t10?,11-,12+/m0/s1. The fraction of sp³-hybridized carbons (Fsp3) is 0.615. The Kier molecular flexibility index (Phi) is 4.08. The zero-order valence-electron chi connectivity index (χ0n) is 12.0. The Bertz CT molecular complexity index is 553. The monoisotopic (exact) mass is 297 g/mol. The number of imide groups is 1. The van der Waals surface area contributed by atoms with Gasteiger partial charge in [0, 0.05) is 17.6 Å². The van der Waals surface area contributed by atoms with Crippen LogP contribution in [0.1, 0.15) is 27.7 Å². The van der Waals surface area contributed by atoms with Gasteiger partial charge in [-0.1, -0.05) is 5.57 Å².